The zero-order chi connectivity index (χ0) is 33.9. The Balaban J connectivity index is 1.07. The van der Waals surface area contributed by atoms with Crippen molar-refractivity contribution >= 4 is 39.1 Å². The maximum atomic E-state index is 15.8. The molecule has 0 spiro atoms. The number of aromatic nitrogens is 5. The van der Waals surface area contributed by atoms with Crippen molar-refractivity contribution in [3.63, 3.8) is 0 Å². The summed E-state index contributed by atoms with van der Waals surface area (Å²) in [6, 6.07) is 4.97. The molecule has 16 heteroatoms. The van der Waals surface area contributed by atoms with Gasteiger partial charge in [-0.25, -0.2) is 13.6 Å². The van der Waals surface area contributed by atoms with Gasteiger partial charge in [-0.2, -0.15) is 0 Å². The number of hydrogen-bond donors (Lipinski definition) is 2. The van der Waals surface area contributed by atoms with Gasteiger partial charge in [-0.05, 0) is 49.2 Å². The van der Waals surface area contributed by atoms with Crippen LogP contribution in [0.4, 0.5) is 20.2 Å². The SMILES string of the molecule is COc1c(N2CCN(Cc3cn(CCn4c(O)c(N=O)c5cc(F)ccc54)nn3)C(C)C2)c(F)cc2c(=O)c(C(=O)O)cn(C3CC3)c12. The zero-order valence-corrected chi connectivity index (χ0v) is 26.1. The second kappa shape index (κ2) is 12.0. The number of ether oxygens (including phenoxy) is 1. The highest BCUT2D eigenvalue weighted by Gasteiger charge is 2.33. The first-order valence-corrected chi connectivity index (χ1v) is 15.5. The number of methoxy groups -OCH3 is 1. The van der Waals surface area contributed by atoms with Gasteiger partial charge in [0.2, 0.25) is 11.3 Å². The molecule has 0 amide bonds. The number of piperazine rings is 1. The summed E-state index contributed by atoms with van der Waals surface area (Å²) < 4.78 is 40.2. The summed E-state index contributed by atoms with van der Waals surface area (Å²) >= 11 is 0. The lowest BCUT2D eigenvalue weighted by molar-refractivity contribution is 0.0694. The van der Waals surface area contributed by atoms with Crippen molar-refractivity contribution in [2.75, 3.05) is 31.6 Å². The number of carbonyl (C=O) groups is 1. The van der Waals surface area contributed by atoms with Crippen LogP contribution < -0.4 is 15.1 Å². The minimum Gasteiger partial charge on any atom is -0.493 e. The Morgan fingerprint density at radius 3 is 2.60 bits per heavy atom. The molecule has 48 heavy (non-hydrogen) atoms. The van der Waals surface area contributed by atoms with E-state index >= 15 is 4.39 Å². The molecule has 5 aromatic rings. The van der Waals surface area contributed by atoms with Gasteiger partial charge in [0.05, 0.1) is 35.8 Å². The van der Waals surface area contributed by atoms with Gasteiger partial charge in [0.25, 0.3) is 0 Å². The predicted octanol–water partition coefficient (Wildman–Crippen LogP) is 4.38. The van der Waals surface area contributed by atoms with Crippen LogP contribution in [0.25, 0.3) is 21.8 Å². The number of pyridine rings is 1. The molecule has 1 saturated heterocycles. The fourth-order valence-corrected chi connectivity index (χ4v) is 6.70. The van der Waals surface area contributed by atoms with Crippen molar-refractivity contribution in [3.05, 3.63) is 74.7 Å². The summed E-state index contributed by atoms with van der Waals surface area (Å²) in [6.07, 6.45) is 4.76. The molecule has 1 saturated carbocycles. The van der Waals surface area contributed by atoms with Crippen LogP contribution in [0, 0.1) is 16.5 Å². The number of nitrogens with zero attached hydrogens (tertiary/aromatic N) is 8. The third-order valence-electron chi connectivity index (χ3n) is 9.22. The number of aryl methyl sites for hydroxylation is 2. The molecule has 1 aliphatic carbocycles. The van der Waals surface area contributed by atoms with E-state index in [1.165, 1.54) is 30.0 Å². The molecule has 0 radical (unpaired) electrons. The highest BCUT2D eigenvalue weighted by atomic mass is 19.1. The number of benzene rings is 2. The van der Waals surface area contributed by atoms with Crippen LogP contribution in [-0.4, -0.2) is 78.0 Å². The maximum Gasteiger partial charge on any atom is 0.341 e. The Morgan fingerprint density at radius 2 is 1.92 bits per heavy atom. The third-order valence-corrected chi connectivity index (χ3v) is 9.22. The Labute approximate surface area is 271 Å². The van der Waals surface area contributed by atoms with Gasteiger partial charge in [-0.1, -0.05) is 5.21 Å². The van der Waals surface area contributed by atoms with Crippen molar-refractivity contribution < 1.29 is 28.5 Å². The van der Waals surface area contributed by atoms with Gasteiger partial charge in [-0.3, -0.25) is 14.4 Å². The van der Waals surface area contributed by atoms with E-state index in [4.69, 9.17) is 4.74 Å². The number of halogens is 2. The molecule has 7 rings (SSSR count). The lowest BCUT2D eigenvalue weighted by Crippen LogP contribution is -2.51. The van der Waals surface area contributed by atoms with E-state index in [9.17, 15) is 29.1 Å². The lowest BCUT2D eigenvalue weighted by atomic mass is 10.1. The number of carboxylic acid groups (broad SMARTS) is 1. The predicted molar refractivity (Wildman–Crippen MR) is 171 cm³/mol. The number of nitroso groups, excluding NO2 is 1. The highest BCUT2D eigenvalue weighted by molar-refractivity contribution is 5.97. The van der Waals surface area contributed by atoms with Gasteiger partial charge < -0.3 is 29.0 Å². The second-order valence-corrected chi connectivity index (χ2v) is 12.3. The zero-order valence-electron chi connectivity index (χ0n) is 26.1. The van der Waals surface area contributed by atoms with Crippen LogP contribution in [0.15, 0.2) is 46.6 Å². The Morgan fingerprint density at radius 1 is 1.12 bits per heavy atom. The molecule has 250 valence electrons. The first kappa shape index (κ1) is 31.2. The molecule has 2 aromatic carbocycles. The summed E-state index contributed by atoms with van der Waals surface area (Å²) in [4.78, 5) is 40.2. The van der Waals surface area contributed by atoms with Crippen LogP contribution in [-0.2, 0) is 19.6 Å². The number of rotatable bonds is 10. The van der Waals surface area contributed by atoms with Crippen LogP contribution in [0.2, 0.25) is 0 Å². The molecule has 2 fully saturated rings. The standard InChI is InChI=1S/C32H32F2N8O6/c1-17-13-39(28-24(34)12-22-27(30(28)48-2)42(20-4-5-20)16-23(29(22)43)32(45)46)8-7-38(17)14-19-15-40(37-35-19)9-10-41-25-6-3-18(33)11-21(25)26(36-47)31(41)44/h3,6,11-12,15-17,20,44H,4-5,7-10,13-14H2,1-2H3,(H,45,46). The van der Waals surface area contributed by atoms with Crippen molar-refractivity contribution in [1.82, 2.24) is 29.0 Å². The monoisotopic (exact) mass is 662 g/mol. The fourth-order valence-electron chi connectivity index (χ4n) is 6.70. The highest BCUT2D eigenvalue weighted by Crippen LogP contribution is 2.44. The largest absolute Gasteiger partial charge is 0.493 e. The van der Waals surface area contributed by atoms with Gasteiger partial charge in [0.15, 0.2) is 17.3 Å². The first-order chi connectivity index (χ1) is 23.1. The summed E-state index contributed by atoms with van der Waals surface area (Å²) in [7, 11) is 1.42. The number of aromatic hydroxyl groups is 1. The number of anilines is 1. The summed E-state index contributed by atoms with van der Waals surface area (Å²) in [6.45, 7) is 4.48. The van der Waals surface area contributed by atoms with Crippen LogP contribution in [0.3, 0.4) is 0 Å². The summed E-state index contributed by atoms with van der Waals surface area (Å²) in [5.74, 6) is -2.71. The van der Waals surface area contributed by atoms with Crippen molar-refractivity contribution in [2.24, 2.45) is 5.18 Å². The number of carboxylic acids is 1. The topological polar surface area (TPSA) is 160 Å². The van der Waals surface area contributed by atoms with E-state index in [0.29, 0.717) is 49.5 Å². The average molecular weight is 663 g/mol. The molecular formula is C32H32F2N8O6. The lowest BCUT2D eigenvalue weighted by Gasteiger charge is -2.41. The van der Waals surface area contributed by atoms with Gasteiger partial charge in [-0.15, -0.1) is 10.0 Å². The Hall–Kier alpha value is -5.38. The molecule has 0 bridgehead atoms. The molecular weight excluding hydrogens is 630 g/mol. The van der Waals surface area contributed by atoms with E-state index in [1.807, 2.05) is 11.8 Å². The fraction of sp³-hybridized carbons (Fsp3) is 0.375. The average Bonchev–Trinajstić information content (AvgIpc) is 3.75. The Kier molecular flexibility index (Phi) is 7.81. The molecule has 1 atom stereocenters. The summed E-state index contributed by atoms with van der Waals surface area (Å²) in [5, 5.41) is 31.7. The first-order valence-electron chi connectivity index (χ1n) is 15.5. The molecule has 3 aromatic heterocycles. The number of aromatic carboxylic acids is 1. The second-order valence-electron chi connectivity index (χ2n) is 12.3. The quantitative estimate of drug-likeness (QED) is 0.206. The molecule has 1 unspecified atom stereocenters. The van der Waals surface area contributed by atoms with Gasteiger partial charge >= 0.3 is 5.97 Å². The molecule has 2 N–H and O–H groups in total. The maximum absolute atomic E-state index is 15.8. The Bertz CT molecular complexity index is 2160. The number of fused-ring (bicyclic) bond motifs is 2. The van der Waals surface area contributed by atoms with Crippen molar-refractivity contribution in [3.8, 4) is 11.6 Å². The van der Waals surface area contributed by atoms with E-state index in [0.717, 1.165) is 25.0 Å². The normalized spacial score (nSPS) is 17.0. The van der Waals surface area contributed by atoms with Crippen molar-refractivity contribution in [1.29, 1.82) is 0 Å². The van der Waals surface area contributed by atoms with Crippen LogP contribution in [0.5, 0.6) is 11.6 Å². The van der Waals surface area contributed by atoms with E-state index in [-0.39, 0.29) is 52.4 Å². The van der Waals surface area contributed by atoms with Gasteiger partial charge in [0, 0.05) is 62.6 Å². The van der Waals surface area contributed by atoms with E-state index < -0.39 is 28.6 Å². The molecule has 1 aliphatic heterocycles. The smallest absolute Gasteiger partial charge is 0.341 e. The number of hydrogen-bond acceptors (Lipinski definition) is 10. The van der Waals surface area contributed by atoms with Crippen LogP contribution in [0.1, 0.15) is 41.9 Å². The minimum atomic E-state index is -1.36. The minimum absolute atomic E-state index is 0.00585. The van der Waals surface area contributed by atoms with Crippen molar-refractivity contribution in [2.45, 2.75) is 51.5 Å². The summed E-state index contributed by atoms with van der Waals surface area (Å²) in [5.41, 5.74) is 0.423. The van der Waals surface area contributed by atoms with Gasteiger partial charge in [0.1, 0.15) is 17.1 Å². The molecule has 2 aliphatic rings. The van der Waals surface area contributed by atoms with Crippen LogP contribution >= 0.6 is 0 Å². The molecule has 4 heterocycles. The van der Waals surface area contributed by atoms with E-state index in [1.54, 1.807) is 15.4 Å². The third kappa shape index (κ3) is 5.31. The van der Waals surface area contributed by atoms with E-state index in [2.05, 4.69) is 20.4 Å². The molecule has 14 nitrogen and oxygen atoms in total.